The van der Waals surface area contributed by atoms with Crippen LogP contribution in [-0.4, -0.2) is 15.0 Å². The third-order valence-electron chi connectivity index (χ3n) is 3.76. The van der Waals surface area contributed by atoms with Crippen LogP contribution in [0.2, 0.25) is 0 Å². The van der Waals surface area contributed by atoms with Crippen LogP contribution in [0, 0.1) is 6.92 Å². The number of hydrogen-bond acceptors (Lipinski definition) is 5. The first kappa shape index (κ1) is 15.9. The first-order valence-electron chi connectivity index (χ1n) is 7.80. The summed E-state index contributed by atoms with van der Waals surface area (Å²) in [5, 5.41) is 6.68. The van der Waals surface area contributed by atoms with Gasteiger partial charge in [-0.3, -0.25) is 0 Å². The molecule has 23 heavy (non-hydrogen) atoms. The van der Waals surface area contributed by atoms with E-state index in [0.717, 1.165) is 33.2 Å². The summed E-state index contributed by atoms with van der Waals surface area (Å²) < 4.78 is 0. The molecule has 2 heterocycles. The highest BCUT2D eigenvalue weighted by Gasteiger charge is 2.20. The number of thiazole rings is 1. The van der Waals surface area contributed by atoms with Crippen LogP contribution in [0.1, 0.15) is 50.1 Å². The van der Waals surface area contributed by atoms with E-state index >= 15 is 0 Å². The number of rotatable bonds is 3. The second-order valence-electron chi connectivity index (χ2n) is 6.83. The number of nitrogens with one attached hydrogen (secondary N) is 1. The first-order valence-corrected chi connectivity index (χ1v) is 8.68. The maximum atomic E-state index is 4.78. The average molecular weight is 326 g/mol. The molecular weight excluding hydrogens is 304 g/mol. The van der Waals surface area contributed by atoms with E-state index < -0.39 is 0 Å². The van der Waals surface area contributed by atoms with Gasteiger partial charge in [0.15, 0.2) is 0 Å². The molecule has 120 valence electrons. The zero-order chi connectivity index (χ0) is 16.6. The fraction of sp³-hybridized carbons (Fsp3) is 0.389. The molecule has 3 aromatic rings. The maximum absolute atomic E-state index is 4.78. The molecule has 0 aliphatic carbocycles. The average Bonchev–Trinajstić information content (AvgIpc) is 2.98. The molecule has 0 radical (unpaired) electrons. The Bertz CT molecular complexity index is 832. The SMILES string of the molecule is Cc1nc2ccccc2nc1N[C@H](C)c1nc(C(C)(C)C)cs1. The molecule has 1 N–H and O–H groups in total. The number of fused-ring (bicyclic) bond motifs is 1. The summed E-state index contributed by atoms with van der Waals surface area (Å²) in [7, 11) is 0. The minimum Gasteiger partial charge on any atom is -0.360 e. The molecule has 3 rings (SSSR count). The lowest BCUT2D eigenvalue weighted by atomic mass is 9.93. The van der Waals surface area contributed by atoms with Crippen molar-refractivity contribution in [1.29, 1.82) is 0 Å². The van der Waals surface area contributed by atoms with Crippen LogP contribution in [0.3, 0.4) is 0 Å². The Balaban J connectivity index is 1.86. The van der Waals surface area contributed by atoms with Gasteiger partial charge in [0.1, 0.15) is 10.8 Å². The molecule has 1 aromatic carbocycles. The highest BCUT2D eigenvalue weighted by molar-refractivity contribution is 7.09. The number of anilines is 1. The van der Waals surface area contributed by atoms with Crippen molar-refractivity contribution in [2.75, 3.05) is 5.32 Å². The molecule has 1 atom stereocenters. The van der Waals surface area contributed by atoms with E-state index in [1.165, 1.54) is 0 Å². The Morgan fingerprint density at radius 2 is 1.70 bits per heavy atom. The number of aromatic nitrogens is 3. The molecule has 0 fully saturated rings. The number of nitrogens with zero attached hydrogens (tertiary/aromatic N) is 3. The fourth-order valence-corrected chi connectivity index (χ4v) is 3.38. The lowest BCUT2D eigenvalue weighted by Crippen LogP contribution is -2.13. The minimum atomic E-state index is 0.0765. The topological polar surface area (TPSA) is 50.7 Å². The largest absolute Gasteiger partial charge is 0.360 e. The van der Waals surface area contributed by atoms with Gasteiger partial charge in [0.05, 0.1) is 28.5 Å². The maximum Gasteiger partial charge on any atom is 0.148 e. The summed E-state index contributed by atoms with van der Waals surface area (Å²) >= 11 is 1.69. The zero-order valence-electron chi connectivity index (χ0n) is 14.2. The summed E-state index contributed by atoms with van der Waals surface area (Å²) in [6.45, 7) is 10.6. The minimum absolute atomic E-state index is 0.0765. The molecule has 0 unspecified atom stereocenters. The van der Waals surface area contributed by atoms with Crippen molar-refractivity contribution < 1.29 is 0 Å². The lowest BCUT2D eigenvalue weighted by molar-refractivity contribution is 0.569. The van der Waals surface area contributed by atoms with Gasteiger partial charge in [-0.25, -0.2) is 15.0 Å². The predicted octanol–water partition coefficient (Wildman–Crippen LogP) is 4.87. The van der Waals surface area contributed by atoms with Crippen molar-refractivity contribution in [1.82, 2.24) is 15.0 Å². The molecule has 4 nitrogen and oxygen atoms in total. The summed E-state index contributed by atoms with van der Waals surface area (Å²) in [4.78, 5) is 14.1. The van der Waals surface area contributed by atoms with Crippen molar-refractivity contribution >= 4 is 28.2 Å². The first-order chi connectivity index (χ1) is 10.8. The van der Waals surface area contributed by atoms with Gasteiger partial charge in [0.2, 0.25) is 0 Å². The van der Waals surface area contributed by atoms with Gasteiger partial charge in [-0.15, -0.1) is 11.3 Å². The highest BCUT2D eigenvalue weighted by Crippen LogP contribution is 2.28. The number of benzene rings is 1. The number of para-hydroxylation sites is 2. The van der Waals surface area contributed by atoms with Crippen LogP contribution in [-0.2, 0) is 5.41 Å². The molecule has 2 aromatic heterocycles. The second-order valence-corrected chi connectivity index (χ2v) is 7.72. The molecule has 0 saturated carbocycles. The molecule has 0 aliphatic heterocycles. The van der Waals surface area contributed by atoms with Gasteiger partial charge in [-0.05, 0) is 26.0 Å². The van der Waals surface area contributed by atoms with Crippen LogP contribution >= 0.6 is 11.3 Å². The number of aryl methyl sites for hydroxylation is 1. The zero-order valence-corrected chi connectivity index (χ0v) is 15.0. The summed E-state index contributed by atoms with van der Waals surface area (Å²) in [5.74, 6) is 0.823. The smallest absolute Gasteiger partial charge is 0.148 e. The Hall–Kier alpha value is -2.01. The van der Waals surface area contributed by atoms with Gasteiger partial charge in [-0.2, -0.15) is 0 Å². The van der Waals surface area contributed by atoms with E-state index in [-0.39, 0.29) is 11.5 Å². The van der Waals surface area contributed by atoms with Crippen molar-refractivity contribution in [2.24, 2.45) is 0 Å². The Morgan fingerprint density at radius 1 is 1.04 bits per heavy atom. The van der Waals surface area contributed by atoms with Gasteiger partial charge >= 0.3 is 0 Å². The van der Waals surface area contributed by atoms with Crippen LogP contribution in [0.4, 0.5) is 5.82 Å². The Morgan fingerprint density at radius 3 is 2.30 bits per heavy atom. The molecule has 0 aliphatic rings. The fourth-order valence-electron chi connectivity index (χ4n) is 2.32. The molecule has 0 spiro atoms. The van der Waals surface area contributed by atoms with Crippen molar-refractivity contribution in [3.63, 3.8) is 0 Å². The van der Waals surface area contributed by atoms with E-state index in [0.29, 0.717) is 0 Å². The van der Waals surface area contributed by atoms with Gasteiger partial charge in [0, 0.05) is 10.8 Å². The van der Waals surface area contributed by atoms with Crippen molar-refractivity contribution in [3.05, 3.63) is 46.0 Å². The predicted molar refractivity (Wildman–Crippen MR) is 97.1 cm³/mol. The van der Waals surface area contributed by atoms with Crippen molar-refractivity contribution in [3.8, 4) is 0 Å². The molecule has 0 saturated heterocycles. The van der Waals surface area contributed by atoms with Crippen LogP contribution in [0.15, 0.2) is 29.6 Å². The van der Waals surface area contributed by atoms with Gasteiger partial charge < -0.3 is 5.32 Å². The Kier molecular flexibility index (Phi) is 4.06. The Labute approximate surface area is 141 Å². The number of hydrogen-bond donors (Lipinski definition) is 1. The third-order valence-corrected chi connectivity index (χ3v) is 4.79. The van der Waals surface area contributed by atoms with Crippen LogP contribution < -0.4 is 5.32 Å². The second kappa shape index (κ2) is 5.89. The summed E-state index contributed by atoms with van der Waals surface area (Å²) in [6.07, 6.45) is 0. The van der Waals surface area contributed by atoms with Gasteiger partial charge in [0.25, 0.3) is 0 Å². The van der Waals surface area contributed by atoms with Crippen LogP contribution in [0.5, 0.6) is 0 Å². The molecule has 5 heteroatoms. The van der Waals surface area contributed by atoms with E-state index in [4.69, 9.17) is 9.97 Å². The van der Waals surface area contributed by atoms with E-state index in [1.54, 1.807) is 11.3 Å². The standard InChI is InChI=1S/C18H22N4S/c1-11-16(21-14-9-7-6-8-13(14)19-11)20-12(2)17-22-15(10-23-17)18(3,4)5/h6-10,12H,1-5H3,(H,20,21)/t12-/m1/s1. The normalized spacial score (nSPS) is 13.3. The van der Waals surface area contributed by atoms with Crippen LogP contribution in [0.25, 0.3) is 11.0 Å². The monoisotopic (exact) mass is 326 g/mol. The van der Waals surface area contributed by atoms with Crippen molar-refractivity contribution in [2.45, 2.75) is 46.1 Å². The summed E-state index contributed by atoms with van der Waals surface area (Å²) in [5.41, 5.74) is 3.94. The van der Waals surface area contributed by atoms with E-state index in [1.807, 2.05) is 31.2 Å². The molecular formula is C18H22N4S. The quantitative estimate of drug-likeness (QED) is 0.746. The summed E-state index contributed by atoms with van der Waals surface area (Å²) in [6, 6.07) is 8.04. The van der Waals surface area contributed by atoms with Gasteiger partial charge in [-0.1, -0.05) is 32.9 Å². The molecule has 0 bridgehead atoms. The highest BCUT2D eigenvalue weighted by atomic mass is 32.1. The third kappa shape index (κ3) is 3.34. The lowest BCUT2D eigenvalue weighted by Gasteiger charge is -2.16. The van der Waals surface area contributed by atoms with E-state index in [2.05, 4.69) is 43.4 Å². The molecule has 0 amide bonds. The van der Waals surface area contributed by atoms with E-state index in [9.17, 15) is 0 Å².